The van der Waals surface area contributed by atoms with Crippen LogP contribution in [-0.2, 0) is 9.53 Å². The van der Waals surface area contributed by atoms with Crippen LogP contribution in [-0.4, -0.2) is 17.6 Å². The van der Waals surface area contributed by atoms with Crippen LogP contribution in [0, 0.1) is 11.8 Å². The monoisotopic (exact) mass is 281 g/mol. The van der Waals surface area contributed by atoms with E-state index in [0.29, 0.717) is 5.92 Å². The van der Waals surface area contributed by atoms with E-state index >= 15 is 0 Å². The predicted molar refractivity (Wildman–Crippen MR) is 81.3 cm³/mol. The Kier molecular flexibility index (Phi) is 5.48. The van der Waals surface area contributed by atoms with Gasteiger partial charge in [-0.1, -0.05) is 26.7 Å². The molecule has 20 heavy (non-hydrogen) atoms. The van der Waals surface area contributed by atoms with Gasteiger partial charge in [-0.15, -0.1) is 0 Å². The minimum atomic E-state index is -0.707. The van der Waals surface area contributed by atoms with Gasteiger partial charge in [-0.2, -0.15) is 0 Å². The van der Waals surface area contributed by atoms with Gasteiger partial charge in [0.25, 0.3) is 0 Å². The summed E-state index contributed by atoms with van der Waals surface area (Å²) in [5.41, 5.74) is 5.64. The molecule has 2 saturated carbocycles. The highest BCUT2D eigenvalue weighted by Gasteiger charge is 2.41. The third-order valence-electron chi connectivity index (χ3n) is 5.60. The lowest BCUT2D eigenvalue weighted by Gasteiger charge is -2.38. The highest BCUT2D eigenvalue weighted by molar-refractivity contribution is 5.80. The van der Waals surface area contributed by atoms with Gasteiger partial charge in [0.2, 0.25) is 0 Å². The number of hydrogen-bond acceptors (Lipinski definition) is 3. The highest BCUT2D eigenvalue weighted by Crippen LogP contribution is 2.35. The van der Waals surface area contributed by atoms with E-state index in [2.05, 4.69) is 13.8 Å². The number of ether oxygens (including phenoxy) is 1. The number of esters is 1. The standard InChI is InChI=1S/C17H31NO2/c1-3-13-9-11-17(18,12-10-13)16(19)20-15-8-6-5-7-14(15)4-2/h13-15H,3-12,18H2,1-2H3. The van der Waals surface area contributed by atoms with Crippen LogP contribution in [0.25, 0.3) is 0 Å². The predicted octanol–water partition coefficient (Wildman–Crippen LogP) is 3.80. The topological polar surface area (TPSA) is 52.3 Å². The summed E-state index contributed by atoms with van der Waals surface area (Å²) in [6.45, 7) is 4.42. The van der Waals surface area contributed by atoms with Crippen molar-refractivity contribution in [2.45, 2.75) is 89.7 Å². The molecule has 2 aliphatic rings. The largest absolute Gasteiger partial charge is 0.461 e. The number of nitrogens with two attached hydrogens (primary N) is 1. The van der Waals surface area contributed by atoms with E-state index in [-0.39, 0.29) is 12.1 Å². The summed E-state index contributed by atoms with van der Waals surface area (Å²) in [4.78, 5) is 12.5. The maximum Gasteiger partial charge on any atom is 0.326 e. The van der Waals surface area contributed by atoms with Crippen molar-refractivity contribution in [1.29, 1.82) is 0 Å². The van der Waals surface area contributed by atoms with Crippen molar-refractivity contribution in [2.24, 2.45) is 17.6 Å². The molecule has 2 unspecified atom stereocenters. The van der Waals surface area contributed by atoms with Gasteiger partial charge in [-0.25, -0.2) is 0 Å². The van der Waals surface area contributed by atoms with Gasteiger partial charge in [0.05, 0.1) is 0 Å². The lowest BCUT2D eigenvalue weighted by atomic mass is 9.76. The molecule has 0 aromatic heterocycles. The van der Waals surface area contributed by atoms with Crippen LogP contribution in [0.2, 0.25) is 0 Å². The average molecular weight is 281 g/mol. The molecule has 2 atom stereocenters. The van der Waals surface area contributed by atoms with E-state index in [1.54, 1.807) is 0 Å². The highest BCUT2D eigenvalue weighted by atomic mass is 16.5. The molecule has 0 bridgehead atoms. The summed E-state index contributed by atoms with van der Waals surface area (Å²) in [6.07, 6.45) is 10.9. The van der Waals surface area contributed by atoms with E-state index in [1.807, 2.05) is 0 Å². The number of rotatable bonds is 4. The van der Waals surface area contributed by atoms with Crippen molar-refractivity contribution in [3.8, 4) is 0 Å². The van der Waals surface area contributed by atoms with Gasteiger partial charge >= 0.3 is 5.97 Å². The zero-order chi connectivity index (χ0) is 14.6. The van der Waals surface area contributed by atoms with Gasteiger partial charge in [-0.05, 0) is 63.2 Å². The van der Waals surface area contributed by atoms with Crippen LogP contribution in [0.3, 0.4) is 0 Å². The first-order valence-corrected chi connectivity index (χ1v) is 8.59. The van der Waals surface area contributed by atoms with E-state index in [0.717, 1.165) is 44.4 Å². The second kappa shape index (κ2) is 6.93. The molecular formula is C17H31NO2. The van der Waals surface area contributed by atoms with Crippen LogP contribution < -0.4 is 5.73 Å². The maximum absolute atomic E-state index is 12.5. The van der Waals surface area contributed by atoms with E-state index in [9.17, 15) is 4.79 Å². The molecule has 2 fully saturated rings. The molecule has 0 saturated heterocycles. The minimum absolute atomic E-state index is 0.116. The Bertz CT molecular complexity index is 321. The molecule has 2 rings (SSSR count). The summed E-state index contributed by atoms with van der Waals surface area (Å²) < 4.78 is 5.84. The molecule has 0 radical (unpaired) electrons. The molecule has 3 heteroatoms. The Labute approximate surface area is 123 Å². The van der Waals surface area contributed by atoms with E-state index in [1.165, 1.54) is 25.7 Å². The molecule has 0 aromatic carbocycles. The second-order valence-electron chi connectivity index (χ2n) is 6.90. The molecule has 0 aliphatic heterocycles. The minimum Gasteiger partial charge on any atom is -0.461 e. The summed E-state index contributed by atoms with van der Waals surface area (Å²) in [6, 6.07) is 0. The fourth-order valence-corrected chi connectivity index (χ4v) is 3.86. The molecule has 0 amide bonds. The third-order valence-corrected chi connectivity index (χ3v) is 5.60. The van der Waals surface area contributed by atoms with E-state index < -0.39 is 5.54 Å². The van der Waals surface area contributed by atoms with Gasteiger partial charge in [0, 0.05) is 0 Å². The number of hydrogen-bond donors (Lipinski definition) is 1. The molecule has 0 aromatic rings. The molecule has 0 spiro atoms. The van der Waals surface area contributed by atoms with Crippen LogP contribution in [0.4, 0.5) is 0 Å². The Balaban J connectivity index is 1.90. The number of carbonyl (C=O) groups excluding carboxylic acids is 1. The smallest absolute Gasteiger partial charge is 0.326 e. The molecule has 116 valence electrons. The van der Waals surface area contributed by atoms with Crippen molar-refractivity contribution in [3.63, 3.8) is 0 Å². The lowest BCUT2D eigenvalue weighted by Crippen LogP contribution is -2.53. The van der Waals surface area contributed by atoms with Crippen LogP contribution in [0.15, 0.2) is 0 Å². The fourth-order valence-electron chi connectivity index (χ4n) is 3.86. The van der Waals surface area contributed by atoms with Crippen LogP contribution in [0.5, 0.6) is 0 Å². The fraction of sp³-hybridized carbons (Fsp3) is 0.941. The molecular weight excluding hydrogens is 250 g/mol. The Morgan fingerprint density at radius 2 is 1.75 bits per heavy atom. The van der Waals surface area contributed by atoms with Crippen molar-refractivity contribution in [2.75, 3.05) is 0 Å². The quantitative estimate of drug-likeness (QED) is 0.797. The summed E-state index contributed by atoms with van der Waals surface area (Å²) in [5.74, 6) is 1.17. The van der Waals surface area contributed by atoms with Crippen molar-refractivity contribution < 1.29 is 9.53 Å². The average Bonchev–Trinajstić information content (AvgIpc) is 2.48. The Morgan fingerprint density at radius 1 is 1.10 bits per heavy atom. The van der Waals surface area contributed by atoms with Crippen molar-refractivity contribution in [1.82, 2.24) is 0 Å². The third kappa shape index (κ3) is 3.55. The normalized spacial score (nSPS) is 38.5. The van der Waals surface area contributed by atoms with Gasteiger partial charge < -0.3 is 10.5 Å². The van der Waals surface area contributed by atoms with Crippen molar-refractivity contribution in [3.05, 3.63) is 0 Å². The first-order valence-electron chi connectivity index (χ1n) is 8.59. The first-order chi connectivity index (χ1) is 9.59. The van der Waals surface area contributed by atoms with Crippen LogP contribution >= 0.6 is 0 Å². The summed E-state index contributed by atoms with van der Waals surface area (Å²) in [7, 11) is 0. The zero-order valence-electron chi connectivity index (χ0n) is 13.2. The summed E-state index contributed by atoms with van der Waals surface area (Å²) >= 11 is 0. The second-order valence-corrected chi connectivity index (χ2v) is 6.90. The summed E-state index contributed by atoms with van der Waals surface area (Å²) in [5, 5.41) is 0. The van der Waals surface area contributed by atoms with Crippen molar-refractivity contribution >= 4 is 5.97 Å². The molecule has 2 aliphatic carbocycles. The lowest BCUT2D eigenvalue weighted by molar-refractivity contribution is -0.162. The van der Waals surface area contributed by atoms with Gasteiger partial charge in [0.15, 0.2) is 0 Å². The Hall–Kier alpha value is -0.570. The van der Waals surface area contributed by atoms with E-state index in [4.69, 9.17) is 10.5 Å². The SMILES string of the molecule is CCC1CCC(N)(C(=O)OC2CCCCC2CC)CC1. The molecule has 3 nitrogen and oxygen atoms in total. The molecule has 0 heterocycles. The van der Waals surface area contributed by atoms with Crippen LogP contribution in [0.1, 0.15) is 78.1 Å². The first kappa shape index (κ1) is 15.8. The Morgan fingerprint density at radius 3 is 2.35 bits per heavy atom. The van der Waals surface area contributed by atoms with Gasteiger partial charge in [0.1, 0.15) is 11.6 Å². The maximum atomic E-state index is 12.5. The zero-order valence-corrected chi connectivity index (χ0v) is 13.2. The molecule has 2 N–H and O–H groups in total. The van der Waals surface area contributed by atoms with Gasteiger partial charge in [-0.3, -0.25) is 4.79 Å². The number of carbonyl (C=O) groups is 1.